The Labute approximate surface area is 142 Å². The van der Waals surface area contributed by atoms with Gasteiger partial charge in [0.05, 0.1) is 12.1 Å². The first-order valence-electron chi connectivity index (χ1n) is 8.71. The Kier molecular flexibility index (Phi) is 5.35. The monoisotopic (exact) mass is 331 g/mol. The highest BCUT2D eigenvalue weighted by Gasteiger charge is 2.29. The molecule has 1 fully saturated rings. The van der Waals surface area contributed by atoms with Crippen molar-refractivity contribution in [3.05, 3.63) is 24.3 Å². The van der Waals surface area contributed by atoms with Crippen molar-refractivity contribution < 1.29 is 14.3 Å². The quantitative estimate of drug-likeness (QED) is 0.863. The number of fused-ring (bicyclic) bond motifs is 1. The van der Waals surface area contributed by atoms with E-state index in [0.717, 1.165) is 13.1 Å². The van der Waals surface area contributed by atoms with Crippen molar-refractivity contribution in [1.29, 1.82) is 0 Å². The number of piperidine rings is 1. The summed E-state index contributed by atoms with van der Waals surface area (Å²) in [7, 11) is 0. The molecule has 2 N–H and O–H groups in total. The van der Waals surface area contributed by atoms with Gasteiger partial charge in [0.1, 0.15) is 5.75 Å². The number of para-hydroxylation sites is 2. The number of carbonyl (C=O) groups excluding carboxylic acids is 2. The normalized spacial score (nSPS) is 23.8. The van der Waals surface area contributed by atoms with Gasteiger partial charge in [0, 0.05) is 19.1 Å². The van der Waals surface area contributed by atoms with Crippen molar-refractivity contribution >= 4 is 17.5 Å². The molecule has 2 amide bonds. The lowest BCUT2D eigenvalue weighted by Gasteiger charge is -2.33. The van der Waals surface area contributed by atoms with E-state index in [9.17, 15) is 9.59 Å². The predicted octanol–water partition coefficient (Wildman–Crippen LogP) is 1.77. The molecule has 1 aromatic rings. The van der Waals surface area contributed by atoms with Crippen LogP contribution in [0.25, 0.3) is 0 Å². The summed E-state index contributed by atoms with van der Waals surface area (Å²) in [6.45, 7) is 4.79. The Morgan fingerprint density at radius 1 is 1.38 bits per heavy atom. The van der Waals surface area contributed by atoms with Gasteiger partial charge in [0.15, 0.2) is 6.10 Å². The third-order valence-electron chi connectivity index (χ3n) is 4.74. The summed E-state index contributed by atoms with van der Waals surface area (Å²) < 4.78 is 5.64. The molecule has 0 radical (unpaired) electrons. The zero-order valence-electron chi connectivity index (χ0n) is 14.1. The lowest BCUT2D eigenvalue weighted by Crippen LogP contribution is -2.44. The zero-order chi connectivity index (χ0) is 16.9. The van der Waals surface area contributed by atoms with Crippen molar-refractivity contribution in [2.24, 2.45) is 0 Å². The average Bonchev–Trinajstić information content (AvgIpc) is 2.57. The van der Waals surface area contributed by atoms with Crippen molar-refractivity contribution in [2.75, 3.05) is 25.0 Å². The van der Waals surface area contributed by atoms with Gasteiger partial charge < -0.3 is 15.4 Å². The molecule has 0 saturated carbocycles. The zero-order valence-corrected chi connectivity index (χ0v) is 14.1. The van der Waals surface area contributed by atoms with Gasteiger partial charge in [-0.1, -0.05) is 18.6 Å². The van der Waals surface area contributed by atoms with E-state index >= 15 is 0 Å². The number of rotatable bonds is 5. The first kappa shape index (κ1) is 16.8. The minimum atomic E-state index is -0.770. The number of nitrogens with one attached hydrogen (secondary N) is 2. The number of hydrogen-bond donors (Lipinski definition) is 2. The summed E-state index contributed by atoms with van der Waals surface area (Å²) in [5.41, 5.74) is 0.651. The number of nitrogens with zero attached hydrogens (tertiary/aromatic N) is 1. The molecule has 0 unspecified atom stereocenters. The Morgan fingerprint density at radius 2 is 2.21 bits per heavy atom. The molecule has 0 bridgehead atoms. The van der Waals surface area contributed by atoms with E-state index in [1.165, 1.54) is 19.3 Å². The van der Waals surface area contributed by atoms with Crippen LogP contribution in [-0.2, 0) is 9.59 Å². The van der Waals surface area contributed by atoms with Crippen LogP contribution in [0.1, 0.15) is 32.6 Å². The van der Waals surface area contributed by atoms with E-state index in [4.69, 9.17) is 4.74 Å². The van der Waals surface area contributed by atoms with E-state index < -0.39 is 6.10 Å². The molecule has 2 atom stereocenters. The van der Waals surface area contributed by atoms with Crippen LogP contribution in [-0.4, -0.2) is 48.5 Å². The number of carbonyl (C=O) groups is 2. The fourth-order valence-corrected chi connectivity index (χ4v) is 3.30. The summed E-state index contributed by atoms with van der Waals surface area (Å²) in [6, 6.07) is 7.82. The highest BCUT2D eigenvalue weighted by molar-refractivity contribution is 5.99. The molecule has 1 saturated heterocycles. The summed E-state index contributed by atoms with van der Waals surface area (Å²) in [5.74, 6) is 0.185. The Hall–Kier alpha value is -2.08. The summed E-state index contributed by atoms with van der Waals surface area (Å²) >= 11 is 0. The van der Waals surface area contributed by atoms with Crippen molar-refractivity contribution in [3.8, 4) is 5.75 Å². The van der Waals surface area contributed by atoms with E-state index in [2.05, 4.69) is 22.5 Å². The van der Waals surface area contributed by atoms with Crippen LogP contribution in [0.15, 0.2) is 24.3 Å². The number of hydrogen-bond acceptors (Lipinski definition) is 4. The minimum Gasteiger partial charge on any atom is -0.478 e. The molecule has 130 valence electrons. The fraction of sp³-hybridized carbons (Fsp3) is 0.556. The molecule has 6 nitrogen and oxygen atoms in total. The van der Waals surface area contributed by atoms with Crippen molar-refractivity contribution in [1.82, 2.24) is 10.2 Å². The molecule has 0 spiro atoms. The van der Waals surface area contributed by atoms with Crippen LogP contribution in [0, 0.1) is 0 Å². The average molecular weight is 331 g/mol. The molecule has 3 rings (SSSR count). The maximum absolute atomic E-state index is 12.1. The van der Waals surface area contributed by atoms with Gasteiger partial charge in [-0.05, 0) is 38.4 Å². The molecule has 0 aromatic heterocycles. The number of ether oxygens (including phenoxy) is 1. The summed E-state index contributed by atoms with van der Waals surface area (Å²) in [5, 5.41) is 5.68. The SMILES string of the molecule is C[C@@H]1CCCCN1CCNC(=O)C[C@@H]1Oc2ccccc2NC1=O. The molecular weight excluding hydrogens is 306 g/mol. The maximum Gasteiger partial charge on any atom is 0.266 e. The number of anilines is 1. The van der Waals surface area contributed by atoms with Crippen molar-refractivity contribution in [3.63, 3.8) is 0 Å². The molecular formula is C18H25N3O3. The maximum atomic E-state index is 12.1. The lowest BCUT2D eigenvalue weighted by molar-refractivity contribution is -0.130. The predicted molar refractivity (Wildman–Crippen MR) is 92.0 cm³/mol. The largest absolute Gasteiger partial charge is 0.478 e. The van der Waals surface area contributed by atoms with E-state index in [0.29, 0.717) is 24.0 Å². The molecule has 2 aliphatic heterocycles. The van der Waals surface area contributed by atoms with Crippen LogP contribution >= 0.6 is 0 Å². The van der Waals surface area contributed by atoms with Crippen LogP contribution in [0.4, 0.5) is 5.69 Å². The van der Waals surface area contributed by atoms with Crippen LogP contribution in [0.5, 0.6) is 5.75 Å². The van der Waals surface area contributed by atoms with E-state index in [1.54, 1.807) is 12.1 Å². The van der Waals surface area contributed by atoms with Crippen LogP contribution < -0.4 is 15.4 Å². The number of benzene rings is 1. The second kappa shape index (κ2) is 7.66. The van der Waals surface area contributed by atoms with Gasteiger partial charge in [-0.15, -0.1) is 0 Å². The molecule has 6 heteroatoms. The highest BCUT2D eigenvalue weighted by Crippen LogP contribution is 2.29. The van der Waals surface area contributed by atoms with E-state index in [1.807, 2.05) is 12.1 Å². The van der Waals surface area contributed by atoms with Crippen LogP contribution in [0.3, 0.4) is 0 Å². The third kappa shape index (κ3) is 4.06. The third-order valence-corrected chi connectivity index (χ3v) is 4.74. The first-order chi connectivity index (χ1) is 11.6. The molecule has 1 aromatic carbocycles. The fourth-order valence-electron chi connectivity index (χ4n) is 3.30. The Morgan fingerprint density at radius 3 is 3.04 bits per heavy atom. The first-order valence-corrected chi connectivity index (χ1v) is 8.71. The second-order valence-corrected chi connectivity index (χ2v) is 6.53. The van der Waals surface area contributed by atoms with Gasteiger partial charge in [0.2, 0.25) is 5.91 Å². The molecule has 0 aliphatic carbocycles. The molecule has 24 heavy (non-hydrogen) atoms. The number of likely N-dealkylation sites (tertiary alicyclic amines) is 1. The smallest absolute Gasteiger partial charge is 0.266 e. The van der Waals surface area contributed by atoms with Crippen LogP contribution in [0.2, 0.25) is 0 Å². The van der Waals surface area contributed by atoms with Gasteiger partial charge in [-0.3, -0.25) is 14.5 Å². The Bertz CT molecular complexity index is 605. The summed E-state index contributed by atoms with van der Waals surface area (Å²) in [6.07, 6.45) is 3.01. The highest BCUT2D eigenvalue weighted by atomic mass is 16.5. The van der Waals surface area contributed by atoms with E-state index in [-0.39, 0.29) is 18.2 Å². The molecule has 2 aliphatic rings. The number of amides is 2. The standard InChI is InChI=1S/C18H25N3O3/c1-13-6-4-5-10-21(13)11-9-19-17(22)12-16-18(23)20-14-7-2-3-8-15(14)24-16/h2-3,7-8,13,16H,4-6,9-12H2,1H3,(H,19,22)(H,20,23)/t13-,16+/m1/s1. The summed E-state index contributed by atoms with van der Waals surface area (Å²) in [4.78, 5) is 26.5. The Balaban J connectivity index is 1.44. The van der Waals surface area contributed by atoms with Gasteiger partial charge in [-0.2, -0.15) is 0 Å². The minimum absolute atomic E-state index is 0.0374. The van der Waals surface area contributed by atoms with Gasteiger partial charge in [-0.25, -0.2) is 0 Å². The topological polar surface area (TPSA) is 70.7 Å². The second-order valence-electron chi connectivity index (χ2n) is 6.53. The van der Waals surface area contributed by atoms with Gasteiger partial charge in [0.25, 0.3) is 5.91 Å². The van der Waals surface area contributed by atoms with Gasteiger partial charge >= 0.3 is 0 Å². The molecule has 2 heterocycles. The lowest BCUT2D eigenvalue weighted by atomic mass is 10.0. The van der Waals surface area contributed by atoms with Crippen molar-refractivity contribution in [2.45, 2.75) is 44.8 Å².